The maximum atomic E-state index is 5.20. The second-order valence-corrected chi connectivity index (χ2v) is 7.58. The Kier molecular flexibility index (Phi) is 7.24. The van der Waals surface area contributed by atoms with Crippen molar-refractivity contribution in [3.05, 3.63) is 119 Å². The molecule has 0 aliphatic carbocycles. The number of hydrogen-bond acceptors (Lipinski definition) is 3. The van der Waals surface area contributed by atoms with Gasteiger partial charge in [-0.1, -0.05) is 72.8 Å². The van der Waals surface area contributed by atoms with Gasteiger partial charge in [-0.05, 0) is 70.8 Å². The number of methoxy groups -OCH3 is 2. The van der Waals surface area contributed by atoms with Crippen LogP contribution in [0.2, 0.25) is 0 Å². The van der Waals surface area contributed by atoms with E-state index in [0.717, 1.165) is 45.1 Å². The lowest BCUT2D eigenvalue weighted by molar-refractivity contribution is 0.414. The first-order valence-electron chi connectivity index (χ1n) is 10.8. The van der Waals surface area contributed by atoms with Crippen molar-refractivity contribution in [3.63, 3.8) is 0 Å². The fourth-order valence-electron chi connectivity index (χ4n) is 3.34. The molecule has 0 saturated carbocycles. The molecule has 4 aromatic carbocycles. The molecule has 0 radical (unpaired) electrons. The maximum absolute atomic E-state index is 5.20. The van der Waals surface area contributed by atoms with E-state index < -0.39 is 0 Å². The molecule has 0 aliphatic heterocycles. The third-order valence-corrected chi connectivity index (χ3v) is 5.28. The molecule has 33 heavy (non-hydrogen) atoms. The minimum Gasteiger partial charge on any atom is -0.497 e. The van der Waals surface area contributed by atoms with Crippen LogP contribution in [0.4, 0.5) is 11.4 Å². The van der Waals surface area contributed by atoms with Crippen molar-refractivity contribution in [2.24, 2.45) is 0 Å². The monoisotopic (exact) mass is 433 g/mol. The predicted molar refractivity (Wildman–Crippen MR) is 140 cm³/mol. The molecule has 0 aliphatic rings. The van der Waals surface area contributed by atoms with E-state index in [1.807, 2.05) is 48.5 Å². The third kappa shape index (κ3) is 6.37. The quantitative estimate of drug-likeness (QED) is 0.288. The Morgan fingerprint density at radius 2 is 0.697 bits per heavy atom. The number of benzene rings is 4. The Bertz CT molecular complexity index is 1110. The highest BCUT2D eigenvalue weighted by Gasteiger charge is 1.97. The minimum atomic E-state index is 0.865. The summed E-state index contributed by atoms with van der Waals surface area (Å²) in [5.74, 6) is 1.73. The molecule has 0 amide bonds. The van der Waals surface area contributed by atoms with Crippen molar-refractivity contribution in [2.75, 3.05) is 19.5 Å². The summed E-state index contributed by atoms with van der Waals surface area (Å²) < 4.78 is 10.4. The molecule has 3 heteroatoms. The summed E-state index contributed by atoms with van der Waals surface area (Å²) in [6.45, 7) is 0. The first kappa shape index (κ1) is 22.0. The van der Waals surface area contributed by atoms with Gasteiger partial charge in [0.1, 0.15) is 11.5 Å². The standard InChI is InChI=1S/C30H27NO2/c1-32-29-19-11-25(12-20-29)5-3-23-7-15-27(16-8-23)31-28-17-9-24(10-18-28)4-6-26-13-21-30(33-2)22-14-26/h3-22,31H,1-2H3/b5-3+,6-4+. The molecule has 0 unspecified atom stereocenters. The molecule has 164 valence electrons. The van der Waals surface area contributed by atoms with E-state index in [2.05, 4.69) is 78.2 Å². The van der Waals surface area contributed by atoms with E-state index in [9.17, 15) is 0 Å². The summed E-state index contributed by atoms with van der Waals surface area (Å²) in [6, 6.07) is 32.8. The number of rotatable bonds is 8. The first-order chi connectivity index (χ1) is 16.2. The summed E-state index contributed by atoms with van der Waals surface area (Å²) in [5, 5.41) is 3.46. The largest absolute Gasteiger partial charge is 0.497 e. The van der Waals surface area contributed by atoms with Crippen LogP contribution in [0.15, 0.2) is 97.1 Å². The third-order valence-electron chi connectivity index (χ3n) is 5.28. The van der Waals surface area contributed by atoms with Crippen LogP contribution < -0.4 is 14.8 Å². The van der Waals surface area contributed by atoms with Gasteiger partial charge < -0.3 is 14.8 Å². The molecule has 0 atom stereocenters. The smallest absolute Gasteiger partial charge is 0.118 e. The summed E-state index contributed by atoms with van der Waals surface area (Å²) in [4.78, 5) is 0. The molecule has 0 bridgehead atoms. The van der Waals surface area contributed by atoms with Crippen molar-refractivity contribution in [1.82, 2.24) is 0 Å². The van der Waals surface area contributed by atoms with Crippen molar-refractivity contribution in [1.29, 1.82) is 0 Å². The topological polar surface area (TPSA) is 30.5 Å². The SMILES string of the molecule is COc1ccc(/C=C/c2ccc(Nc3ccc(/C=C/c4ccc(OC)cc4)cc3)cc2)cc1. The van der Waals surface area contributed by atoms with Crippen molar-refractivity contribution < 1.29 is 9.47 Å². The van der Waals surface area contributed by atoms with Gasteiger partial charge >= 0.3 is 0 Å². The highest BCUT2D eigenvalue weighted by Crippen LogP contribution is 2.20. The van der Waals surface area contributed by atoms with Crippen molar-refractivity contribution in [2.45, 2.75) is 0 Å². The molecule has 0 fully saturated rings. The van der Waals surface area contributed by atoms with Gasteiger partial charge in [-0.3, -0.25) is 0 Å². The van der Waals surface area contributed by atoms with Crippen molar-refractivity contribution in [3.8, 4) is 11.5 Å². The fourth-order valence-corrected chi connectivity index (χ4v) is 3.34. The maximum Gasteiger partial charge on any atom is 0.118 e. The Balaban J connectivity index is 1.33. The number of ether oxygens (including phenoxy) is 2. The molecule has 0 aromatic heterocycles. The normalized spacial score (nSPS) is 11.1. The zero-order chi connectivity index (χ0) is 22.9. The molecule has 4 rings (SSSR count). The van der Waals surface area contributed by atoms with Crippen LogP contribution in [-0.2, 0) is 0 Å². The van der Waals surface area contributed by atoms with Crippen molar-refractivity contribution >= 4 is 35.7 Å². The minimum absolute atomic E-state index is 0.865. The van der Waals surface area contributed by atoms with Gasteiger partial charge in [0, 0.05) is 11.4 Å². The van der Waals surface area contributed by atoms with Crippen LogP contribution in [0.3, 0.4) is 0 Å². The van der Waals surface area contributed by atoms with Gasteiger partial charge in [0.25, 0.3) is 0 Å². The van der Waals surface area contributed by atoms with Gasteiger partial charge in [-0.25, -0.2) is 0 Å². The predicted octanol–water partition coefficient (Wildman–Crippen LogP) is 7.79. The molecular weight excluding hydrogens is 406 g/mol. The Morgan fingerprint density at radius 1 is 0.424 bits per heavy atom. The summed E-state index contributed by atoms with van der Waals surface area (Å²) in [5.41, 5.74) is 6.68. The second-order valence-electron chi connectivity index (χ2n) is 7.58. The van der Waals surface area contributed by atoms with Gasteiger partial charge in [0.15, 0.2) is 0 Å². The zero-order valence-corrected chi connectivity index (χ0v) is 18.9. The van der Waals surface area contributed by atoms with Crippen LogP contribution in [0.25, 0.3) is 24.3 Å². The molecule has 0 spiro atoms. The van der Waals surface area contributed by atoms with E-state index in [0.29, 0.717) is 0 Å². The fraction of sp³-hybridized carbons (Fsp3) is 0.0667. The molecule has 0 heterocycles. The van der Waals surface area contributed by atoms with Crippen LogP contribution in [0, 0.1) is 0 Å². The average Bonchev–Trinajstić information content (AvgIpc) is 2.88. The van der Waals surface area contributed by atoms with E-state index in [-0.39, 0.29) is 0 Å². The summed E-state index contributed by atoms with van der Waals surface area (Å²) in [7, 11) is 3.35. The number of hydrogen-bond donors (Lipinski definition) is 1. The van der Waals surface area contributed by atoms with Gasteiger partial charge in [0.2, 0.25) is 0 Å². The number of nitrogens with one attached hydrogen (secondary N) is 1. The Morgan fingerprint density at radius 3 is 0.970 bits per heavy atom. The van der Waals surface area contributed by atoms with E-state index in [1.54, 1.807) is 14.2 Å². The Labute approximate surface area is 195 Å². The van der Waals surface area contributed by atoms with Gasteiger partial charge in [-0.15, -0.1) is 0 Å². The lowest BCUT2D eigenvalue weighted by Crippen LogP contribution is -1.90. The molecule has 4 aromatic rings. The van der Waals surface area contributed by atoms with E-state index in [1.165, 1.54) is 0 Å². The van der Waals surface area contributed by atoms with Crippen LogP contribution in [0.5, 0.6) is 11.5 Å². The van der Waals surface area contributed by atoms with Gasteiger partial charge in [0.05, 0.1) is 14.2 Å². The van der Waals surface area contributed by atoms with Gasteiger partial charge in [-0.2, -0.15) is 0 Å². The lowest BCUT2D eigenvalue weighted by Gasteiger charge is -2.07. The molecule has 3 nitrogen and oxygen atoms in total. The summed E-state index contributed by atoms with van der Waals surface area (Å²) >= 11 is 0. The zero-order valence-electron chi connectivity index (χ0n) is 18.9. The number of anilines is 2. The van der Waals surface area contributed by atoms with Crippen LogP contribution in [-0.4, -0.2) is 14.2 Å². The van der Waals surface area contributed by atoms with Crippen LogP contribution >= 0.6 is 0 Å². The summed E-state index contributed by atoms with van der Waals surface area (Å²) in [6.07, 6.45) is 8.41. The molecule has 0 saturated heterocycles. The van der Waals surface area contributed by atoms with E-state index >= 15 is 0 Å². The Hall–Kier alpha value is -4.24. The second kappa shape index (κ2) is 10.9. The molecular formula is C30H27NO2. The van der Waals surface area contributed by atoms with Crippen LogP contribution in [0.1, 0.15) is 22.3 Å². The van der Waals surface area contributed by atoms with E-state index in [4.69, 9.17) is 9.47 Å². The highest BCUT2D eigenvalue weighted by atomic mass is 16.5. The highest BCUT2D eigenvalue weighted by molar-refractivity contribution is 5.73. The average molecular weight is 434 g/mol. The molecule has 1 N–H and O–H groups in total. The first-order valence-corrected chi connectivity index (χ1v) is 10.8. The lowest BCUT2D eigenvalue weighted by atomic mass is 10.1.